The molecule has 0 bridgehead atoms. The van der Waals surface area contributed by atoms with Crippen LogP contribution in [-0.2, 0) is 4.79 Å². The van der Waals surface area contributed by atoms with Gasteiger partial charge in [0, 0.05) is 18.1 Å². The van der Waals surface area contributed by atoms with Crippen molar-refractivity contribution in [3.05, 3.63) is 45.0 Å². The van der Waals surface area contributed by atoms with Crippen LogP contribution in [0, 0.1) is 12.8 Å². The van der Waals surface area contributed by atoms with E-state index in [4.69, 9.17) is 0 Å². The number of aromatic nitrogens is 1. The molecule has 1 heterocycles. The maximum absolute atomic E-state index is 12.3. The monoisotopic (exact) mass is 274 g/mol. The number of carbonyl (C=O) groups excluding carboxylic acids is 3. The van der Waals surface area contributed by atoms with Gasteiger partial charge in [-0.05, 0) is 12.5 Å². The largest absolute Gasteiger partial charge is 0.322 e. The standard InChI is InChI=1S/C14H14N2O4/c1-6(2)14(20)15-8-5-9(17)12-11(13(8)19)7(3)4-10(18)16-12/h4-6H,1-3H3,(H,15,20)(H,16,18). The summed E-state index contributed by atoms with van der Waals surface area (Å²) in [5.41, 5.74) is 0.0204. The number of hydrogen-bond donors (Lipinski definition) is 2. The third-order valence-electron chi connectivity index (χ3n) is 3.02. The molecule has 1 aromatic rings. The van der Waals surface area contributed by atoms with Gasteiger partial charge in [0.15, 0.2) is 0 Å². The number of Topliss-reactive ketones (excluding diaryl/α,β-unsaturated/α-hetero) is 1. The Labute approximate surface area is 114 Å². The summed E-state index contributed by atoms with van der Waals surface area (Å²) >= 11 is 0. The van der Waals surface area contributed by atoms with Crippen LogP contribution in [0.15, 0.2) is 22.6 Å². The minimum atomic E-state index is -0.501. The fraction of sp³-hybridized carbons (Fsp3) is 0.286. The number of nitrogens with one attached hydrogen (secondary N) is 2. The van der Waals surface area contributed by atoms with Gasteiger partial charge in [0.1, 0.15) is 5.69 Å². The van der Waals surface area contributed by atoms with Crippen LogP contribution in [0.2, 0.25) is 0 Å². The van der Waals surface area contributed by atoms with Crippen LogP contribution in [0.1, 0.15) is 40.3 Å². The number of amides is 1. The van der Waals surface area contributed by atoms with Crippen molar-refractivity contribution in [1.82, 2.24) is 10.3 Å². The van der Waals surface area contributed by atoms with Gasteiger partial charge >= 0.3 is 0 Å². The molecule has 0 unspecified atom stereocenters. The summed E-state index contributed by atoms with van der Waals surface area (Å²) in [7, 11) is 0. The molecule has 1 aliphatic carbocycles. The van der Waals surface area contributed by atoms with Crippen LogP contribution in [-0.4, -0.2) is 22.5 Å². The van der Waals surface area contributed by atoms with E-state index < -0.39 is 17.1 Å². The molecule has 0 aliphatic heterocycles. The molecule has 0 saturated heterocycles. The summed E-state index contributed by atoms with van der Waals surface area (Å²) in [4.78, 5) is 49.6. The first-order valence-electron chi connectivity index (χ1n) is 6.16. The lowest BCUT2D eigenvalue weighted by Crippen LogP contribution is -2.35. The van der Waals surface area contributed by atoms with Gasteiger partial charge in [-0.25, -0.2) is 0 Å². The Hall–Kier alpha value is -2.50. The Bertz CT molecular complexity index is 710. The number of aromatic amines is 1. The zero-order valence-corrected chi connectivity index (χ0v) is 11.4. The molecule has 2 N–H and O–H groups in total. The molecule has 1 aliphatic rings. The molecule has 0 saturated carbocycles. The van der Waals surface area contributed by atoms with Crippen LogP contribution in [0.25, 0.3) is 0 Å². The van der Waals surface area contributed by atoms with Gasteiger partial charge in [-0.2, -0.15) is 0 Å². The highest BCUT2D eigenvalue weighted by molar-refractivity contribution is 6.24. The van der Waals surface area contributed by atoms with Crippen molar-refractivity contribution in [2.75, 3.05) is 0 Å². The van der Waals surface area contributed by atoms with Crippen molar-refractivity contribution in [2.45, 2.75) is 20.8 Å². The highest BCUT2D eigenvalue weighted by atomic mass is 16.2. The fourth-order valence-electron chi connectivity index (χ4n) is 1.94. The van der Waals surface area contributed by atoms with Crippen molar-refractivity contribution in [1.29, 1.82) is 0 Å². The van der Waals surface area contributed by atoms with Crippen LogP contribution in [0.5, 0.6) is 0 Å². The Morgan fingerprint density at radius 3 is 2.50 bits per heavy atom. The first-order valence-corrected chi connectivity index (χ1v) is 6.16. The van der Waals surface area contributed by atoms with E-state index in [1.165, 1.54) is 6.07 Å². The molecule has 2 rings (SSSR count). The predicted molar refractivity (Wildman–Crippen MR) is 71.5 cm³/mol. The molecule has 6 heteroatoms. The number of rotatable bonds is 2. The lowest BCUT2D eigenvalue weighted by Gasteiger charge is -2.17. The summed E-state index contributed by atoms with van der Waals surface area (Å²) in [6.07, 6.45) is 1.04. The molecule has 0 spiro atoms. The Kier molecular flexibility index (Phi) is 3.40. The van der Waals surface area contributed by atoms with E-state index in [1.54, 1.807) is 20.8 Å². The minimum Gasteiger partial charge on any atom is -0.322 e. The van der Waals surface area contributed by atoms with Crippen LogP contribution >= 0.6 is 0 Å². The summed E-state index contributed by atoms with van der Waals surface area (Å²) in [5, 5.41) is 2.44. The van der Waals surface area contributed by atoms with E-state index >= 15 is 0 Å². The average Bonchev–Trinajstić information content (AvgIpc) is 2.34. The van der Waals surface area contributed by atoms with Gasteiger partial charge in [0.25, 0.3) is 0 Å². The van der Waals surface area contributed by atoms with E-state index in [-0.39, 0.29) is 28.8 Å². The highest BCUT2D eigenvalue weighted by Crippen LogP contribution is 2.20. The topological polar surface area (TPSA) is 96.1 Å². The zero-order chi connectivity index (χ0) is 15.0. The molecule has 0 fully saturated rings. The van der Waals surface area contributed by atoms with E-state index in [2.05, 4.69) is 10.3 Å². The highest BCUT2D eigenvalue weighted by Gasteiger charge is 2.29. The normalized spacial score (nSPS) is 14.1. The number of allylic oxidation sites excluding steroid dienone is 2. The van der Waals surface area contributed by atoms with Gasteiger partial charge < -0.3 is 10.3 Å². The molecule has 0 atom stereocenters. The van der Waals surface area contributed by atoms with Gasteiger partial charge in [-0.15, -0.1) is 0 Å². The lowest BCUT2D eigenvalue weighted by molar-refractivity contribution is -0.123. The zero-order valence-electron chi connectivity index (χ0n) is 11.4. The molecule has 104 valence electrons. The van der Waals surface area contributed by atoms with Crippen molar-refractivity contribution >= 4 is 17.5 Å². The first kappa shape index (κ1) is 13.9. The Morgan fingerprint density at radius 1 is 1.25 bits per heavy atom. The number of carbonyl (C=O) groups is 3. The molecule has 6 nitrogen and oxygen atoms in total. The minimum absolute atomic E-state index is 0.0254. The molecular weight excluding hydrogens is 260 g/mol. The van der Waals surface area contributed by atoms with Gasteiger partial charge in [-0.3, -0.25) is 19.2 Å². The quantitative estimate of drug-likeness (QED) is 0.830. The lowest BCUT2D eigenvalue weighted by atomic mass is 9.93. The van der Waals surface area contributed by atoms with Crippen LogP contribution < -0.4 is 10.9 Å². The van der Waals surface area contributed by atoms with Crippen molar-refractivity contribution < 1.29 is 14.4 Å². The molecule has 0 aromatic carbocycles. The SMILES string of the molecule is Cc1cc(=O)[nH]c2c1C(=O)C(NC(=O)C(C)C)=CC2=O. The molecule has 1 aromatic heterocycles. The molecule has 20 heavy (non-hydrogen) atoms. The van der Waals surface area contributed by atoms with E-state index in [9.17, 15) is 19.2 Å². The first-order chi connectivity index (χ1) is 9.31. The third kappa shape index (κ3) is 2.32. The van der Waals surface area contributed by atoms with Gasteiger partial charge in [0.05, 0.1) is 11.3 Å². The molecular formula is C14H14N2O4. The predicted octanol–water partition coefficient (Wildman–Crippen LogP) is 0.718. The Balaban J connectivity index is 2.48. The van der Waals surface area contributed by atoms with E-state index in [0.29, 0.717) is 5.56 Å². The maximum atomic E-state index is 12.3. The number of ketones is 2. The third-order valence-corrected chi connectivity index (χ3v) is 3.02. The fourth-order valence-corrected chi connectivity index (χ4v) is 1.94. The number of aryl methyl sites for hydroxylation is 1. The van der Waals surface area contributed by atoms with Gasteiger partial charge in [0.2, 0.25) is 23.0 Å². The Morgan fingerprint density at radius 2 is 1.90 bits per heavy atom. The number of H-pyrrole nitrogens is 1. The van der Waals surface area contributed by atoms with E-state index in [0.717, 1.165) is 6.08 Å². The summed E-state index contributed by atoms with van der Waals surface area (Å²) in [6, 6.07) is 1.25. The summed E-state index contributed by atoms with van der Waals surface area (Å²) < 4.78 is 0. The second-order valence-electron chi connectivity index (χ2n) is 4.96. The smallest absolute Gasteiger partial charge is 0.248 e. The van der Waals surface area contributed by atoms with Crippen LogP contribution in [0.3, 0.4) is 0 Å². The van der Waals surface area contributed by atoms with Gasteiger partial charge in [-0.1, -0.05) is 13.8 Å². The van der Waals surface area contributed by atoms with E-state index in [1.807, 2.05) is 0 Å². The van der Waals surface area contributed by atoms with Crippen molar-refractivity contribution in [2.24, 2.45) is 5.92 Å². The number of fused-ring (bicyclic) bond motifs is 1. The second kappa shape index (κ2) is 4.88. The maximum Gasteiger partial charge on any atom is 0.248 e. The summed E-state index contributed by atoms with van der Waals surface area (Å²) in [6.45, 7) is 4.94. The second-order valence-corrected chi connectivity index (χ2v) is 4.96. The number of pyridine rings is 1. The number of hydrogen-bond acceptors (Lipinski definition) is 4. The van der Waals surface area contributed by atoms with Crippen LogP contribution in [0.4, 0.5) is 0 Å². The average molecular weight is 274 g/mol. The van der Waals surface area contributed by atoms with Crippen molar-refractivity contribution in [3.63, 3.8) is 0 Å². The van der Waals surface area contributed by atoms with Crippen molar-refractivity contribution in [3.8, 4) is 0 Å². The molecule has 0 radical (unpaired) electrons. The summed E-state index contributed by atoms with van der Waals surface area (Å²) in [5.74, 6) is -1.62. The molecule has 1 amide bonds.